The Morgan fingerprint density at radius 3 is 2.57 bits per heavy atom. The van der Waals surface area contributed by atoms with Gasteiger partial charge in [0.15, 0.2) is 0 Å². The van der Waals surface area contributed by atoms with Crippen LogP contribution in [0.2, 0.25) is 0 Å². The molecule has 0 aromatic heterocycles. The first-order valence-corrected chi connectivity index (χ1v) is 7.86. The number of anilines is 1. The summed E-state index contributed by atoms with van der Waals surface area (Å²) in [5.74, 6) is 0. The highest BCUT2D eigenvalue weighted by Crippen LogP contribution is 2.47. The number of benzene rings is 1. The summed E-state index contributed by atoms with van der Waals surface area (Å²) in [5, 5.41) is 18.6. The zero-order valence-electron chi connectivity index (χ0n) is 11.6. The number of thioether (sulfide) groups is 1. The molecular weight excluding hydrogens is 292 g/mol. The van der Waals surface area contributed by atoms with E-state index in [9.17, 15) is 19.8 Å². The highest BCUT2D eigenvalue weighted by atomic mass is 32.2. The van der Waals surface area contributed by atoms with Crippen molar-refractivity contribution in [2.45, 2.75) is 16.7 Å². The minimum Gasteiger partial charge on any atom is -0.465 e. The molecule has 112 valence electrons. The number of carboxylic acid groups (broad SMARTS) is 2. The maximum absolute atomic E-state index is 11.5. The highest BCUT2D eigenvalue weighted by Gasteiger charge is 2.50. The van der Waals surface area contributed by atoms with Gasteiger partial charge in [-0.25, -0.2) is 9.59 Å². The van der Waals surface area contributed by atoms with E-state index < -0.39 is 17.6 Å². The van der Waals surface area contributed by atoms with Gasteiger partial charge in [0.25, 0.3) is 0 Å². The molecule has 1 aromatic rings. The molecule has 1 saturated heterocycles. The van der Waals surface area contributed by atoms with Gasteiger partial charge in [-0.15, -0.1) is 11.8 Å². The quantitative estimate of drug-likeness (QED) is 0.779. The van der Waals surface area contributed by atoms with Crippen LogP contribution in [0.5, 0.6) is 0 Å². The minimum absolute atomic E-state index is 0.333. The van der Waals surface area contributed by atoms with Crippen LogP contribution < -0.4 is 4.90 Å². The van der Waals surface area contributed by atoms with Crippen LogP contribution in [-0.4, -0.2) is 53.2 Å². The second kappa shape index (κ2) is 4.84. The van der Waals surface area contributed by atoms with Crippen LogP contribution in [0.4, 0.5) is 15.3 Å². The van der Waals surface area contributed by atoms with Gasteiger partial charge in [-0.3, -0.25) is 4.90 Å². The topological polar surface area (TPSA) is 81.1 Å². The Bertz CT molecular complexity index is 621. The van der Waals surface area contributed by atoms with E-state index in [0.717, 1.165) is 10.5 Å². The first-order chi connectivity index (χ1) is 9.97. The highest BCUT2D eigenvalue weighted by molar-refractivity contribution is 7.98. The third-order valence-corrected chi connectivity index (χ3v) is 5.11. The van der Waals surface area contributed by atoms with E-state index in [-0.39, 0.29) is 0 Å². The molecule has 2 heterocycles. The number of hydrogen-bond acceptors (Lipinski definition) is 3. The molecule has 6 nitrogen and oxygen atoms in total. The fourth-order valence-electron chi connectivity index (χ4n) is 3.33. The summed E-state index contributed by atoms with van der Waals surface area (Å²) in [6.07, 6.45) is 0.701. The van der Waals surface area contributed by atoms with E-state index in [1.807, 2.05) is 24.5 Å². The molecule has 3 rings (SSSR count). The number of amides is 2. The lowest BCUT2D eigenvalue weighted by Crippen LogP contribution is -2.39. The first kappa shape index (κ1) is 14.1. The van der Waals surface area contributed by atoms with Crippen molar-refractivity contribution >= 4 is 29.6 Å². The van der Waals surface area contributed by atoms with Crippen molar-refractivity contribution in [3.05, 3.63) is 23.8 Å². The van der Waals surface area contributed by atoms with Crippen molar-refractivity contribution in [2.24, 2.45) is 0 Å². The normalized spacial score (nSPS) is 23.7. The first-order valence-electron chi connectivity index (χ1n) is 6.64. The maximum atomic E-state index is 11.5. The number of fused-ring (bicyclic) bond motifs is 2. The van der Waals surface area contributed by atoms with Crippen molar-refractivity contribution in [3.63, 3.8) is 0 Å². The zero-order chi connectivity index (χ0) is 15.2. The molecule has 0 aliphatic carbocycles. The van der Waals surface area contributed by atoms with Crippen LogP contribution in [0.1, 0.15) is 12.0 Å². The fraction of sp³-hybridized carbons (Fsp3) is 0.429. The molecule has 0 bridgehead atoms. The molecule has 1 fully saturated rings. The van der Waals surface area contributed by atoms with Gasteiger partial charge in [0, 0.05) is 29.9 Å². The van der Waals surface area contributed by atoms with E-state index in [1.165, 1.54) is 9.80 Å². The van der Waals surface area contributed by atoms with E-state index in [2.05, 4.69) is 0 Å². The van der Waals surface area contributed by atoms with Crippen LogP contribution in [0.15, 0.2) is 23.1 Å². The summed E-state index contributed by atoms with van der Waals surface area (Å²) in [4.78, 5) is 26.4. The second-order valence-corrected chi connectivity index (χ2v) is 6.37. The number of likely N-dealkylation sites (tertiary alicyclic amines) is 1. The zero-order valence-corrected chi connectivity index (χ0v) is 12.4. The van der Waals surface area contributed by atoms with Crippen LogP contribution >= 0.6 is 11.8 Å². The molecule has 2 N–H and O–H groups in total. The predicted octanol–water partition coefficient (Wildman–Crippen LogP) is 2.53. The molecule has 1 aromatic carbocycles. The summed E-state index contributed by atoms with van der Waals surface area (Å²) < 4.78 is 0. The Balaban J connectivity index is 2.05. The smallest absolute Gasteiger partial charge is 0.411 e. The Morgan fingerprint density at radius 1 is 1.24 bits per heavy atom. The van der Waals surface area contributed by atoms with Gasteiger partial charge in [-0.1, -0.05) is 0 Å². The Hall–Kier alpha value is -1.89. The molecule has 1 spiro atoms. The van der Waals surface area contributed by atoms with Gasteiger partial charge in [0.2, 0.25) is 0 Å². The number of nitrogens with zero attached hydrogens (tertiary/aromatic N) is 2. The molecule has 2 aliphatic rings. The number of hydrogen-bond donors (Lipinski definition) is 2. The monoisotopic (exact) mass is 308 g/mol. The lowest BCUT2D eigenvalue weighted by molar-refractivity contribution is 0.153. The molecule has 1 unspecified atom stereocenters. The summed E-state index contributed by atoms with van der Waals surface area (Å²) >= 11 is 1.60. The Kier molecular flexibility index (Phi) is 3.24. The van der Waals surface area contributed by atoms with Crippen LogP contribution in [0.25, 0.3) is 0 Å². The Morgan fingerprint density at radius 2 is 2.00 bits per heavy atom. The van der Waals surface area contributed by atoms with Crippen molar-refractivity contribution in [3.8, 4) is 0 Å². The lowest BCUT2D eigenvalue weighted by atomic mass is 9.81. The predicted molar refractivity (Wildman–Crippen MR) is 79.5 cm³/mol. The minimum atomic E-state index is -0.987. The SMILES string of the molecule is CSc1ccc2c(c1)C1(CCN(C(=O)O)C1)CN2C(=O)O. The average molecular weight is 308 g/mol. The largest absolute Gasteiger partial charge is 0.465 e. The molecule has 21 heavy (non-hydrogen) atoms. The van der Waals surface area contributed by atoms with E-state index >= 15 is 0 Å². The van der Waals surface area contributed by atoms with Crippen molar-refractivity contribution in [1.82, 2.24) is 4.90 Å². The summed E-state index contributed by atoms with van der Waals surface area (Å²) in [5.41, 5.74) is 1.24. The average Bonchev–Trinajstić information content (AvgIpc) is 3.02. The van der Waals surface area contributed by atoms with Gasteiger partial charge in [0.1, 0.15) is 0 Å². The van der Waals surface area contributed by atoms with Gasteiger partial charge in [0.05, 0.1) is 5.69 Å². The summed E-state index contributed by atoms with van der Waals surface area (Å²) in [6.45, 7) is 1.14. The summed E-state index contributed by atoms with van der Waals surface area (Å²) in [6, 6.07) is 5.74. The van der Waals surface area contributed by atoms with Crippen LogP contribution in [-0.2, 0) is 5.41 Å². The van der Waals surface area contributed by atoms with Gasteiger partial charge in [-0.2, -0.15) is 0 Å². The summed E-state index contributed by atoms with van der Waals surface area (Å²) in [7, 11) is 0. The second-order valence-electron chi connectivity index (χ2n) is 5.49. The third kappa shape index (κ3) is 2.12. The molecular formula is C14H16N2O4S. The fourth-order valence-corrected chi connectivity index (χ4v) is 3.77. The van der Waals surface area contributed by atoms with Gasteiger partial charge in [-0.05, 0) is 36.4 Å². The molecule has 7 heteroatoms. The van der Waals surface area contributed by atoms with E-state index in [4.69, 9.17) is 0 Å². The van der Waals surface area contributed by atoms with Crippen LogP contribution in [0, 0.1) is 0 Å². The van der Waals surface area contributed by atoms with E-state index in [0.29, 0.717) is 31.7 Å². The van der Waals surface area contributed by atoms with Crippen molar-refractivity contribution in [1.29, 1.82) is 0 Å². The standard InChI is InChI=1S/C14H16N2O4S/c1-21-9-2-3-11-10(6-9)14(8-16(11)13(19)20)4-5-15(7-14)12(17)18/h2-3,6H,4-5,7-8H2,1H3,(H,17,18)(H,19,20). The molecule has 0 saturated carbocycles. The lowest BCUT2D eigenvalue weighted by Gasteiger charge is -2.24. The van der Waals surface area contributed by atoms with Crippen molar-refractivity contribution in [2.75, 3.05) is 30.8 Å². The van der Waals surface area contributed by atoms with E-state index in [1.54, 1.807) is 11.8 Å². The van der Waals surface area contributed by atoms with Crippen LogP contribution in [0.3, 0.4) is 0 Å². The van der Waals surface area contributed by atoms with Gasteiger partial charge < -0.3 is 15.1 Å². The van der Waals surface area contributed by atoms with Crippen molar-refractivity contribution < 1.29 is 19.8 Å². The number of carbonyl (C=O) groups is 2. The molecule has 2 aliphatic heterocycles. The molecule has 1 atom stereocenters. The molecule has 2 amide bonds. The maximum Gasteiger partial charge on any atom is 0.411 e. The molecule has 0 radical (unpaired) electrons. The van der Waals surface area contributed by atoms with Gasteiger partial charge >= 0.3 is 12.2 Å². The third-order valence-electron chi connectivity index (χ3n) is 4.38. The Labute approximate surface area is 126 Å². The number of rotatable bonds is 1.